The molecule has 168 valence electrons. The van der Waals surface area contributed by atoms with E-state index in [-0.39, 0.29) is 0 Å². The van der Waals surface area contributed by atoms with E-state index in [0.717, 1.165) is 54.2 Å². The molecule has 0 spiro atoms. The van der Waals surface area contributed by atoms with Crippen molar-refractivity contribution in [2.24, 2.45) is 5.92 Å². The Morgan fingerprint density at radius 2 is 1.50 bits per heavy atom. The molecule has 2 aromatic carbocycles. The minimum atomic E-state index is 0.391. The third kappa shape index (κ3) is 5.92. The molecule has 0 aliphatic heterocycles. The first kappa shape index (κ1) is 23.9. The zero-order valence-electron chi connectivity index (χ0n) is 19.7. The average Bonchev–Trinajstić information content (AvgIpc) is 2.85. The SMILES string of the molecule is CCCCCOc1ccc(-c2ccc(C3CCC(CCCC)CC3)c(C#N)c2C#N)cc1. The van der Waals surface area contributed by atoms with Crippen molar-refractivity contribution in [1.82, 2.24) is 0 Å². The molecule has 3 heteroatoms. The zero-order valence-corrected chi connectivity index (χ0v) is 19.7. The molecule has 0 saturated heterocycles. The van der Waals surface area contributed by atoms with E-state index in [1.165, 1.54) is 44.9 Å². The maximum absolute atomic E-state index is 9.96. The third-order valence-electron chi connectivity index (χ3n) is 6.90. The van der Waals surface area contributed by atoms with Gasteiger partial charge >= 0.3 is 0 Å². The van der Waals surface area contributed by atoms with Crippen molar-refractivity contribution in [3.8, 4) is 29.0 Å². The van der Waals surface area contributed by atoms with E-state index in [2.05, 4.69) is 32.1 Å². The van der Waals surface area contributed by atoms with Gasteiger partial charge < -0.3 is 4.74 Å². The van der Waals surface area contributed by atoms with E-state index < -0.39 is 0 Å². The Morgan fingerprint density at radius 1 is 0.812 bits per heavy atom. The van der Waals surface area contributed by atoms with Gasteiger partial charge in [-0.2, -0.15) is 10.5 Å². The number of unbranched alkanes of at least 4 members (excludes halogenated alkanes) is 3. The lowest BCUT2D eigenvalue weighted by molar-refractivity contribution is 0.304. The minimum absolute atomic E-state index is 0.391. The van der Waals surface area contributed by atoms with Crippen LogP contribution in [0.25, 0.3) is 11.1 Å². The van der Waals surface area contributed by atoms with E-state index in [9.17, 15) is 10.5 Å². The lowest BCUT2D eigenvalue weighted by atomic mass is 9.75. The number of hydrogen-bond acceptors (Lipinski definition) is 3. The molecule has 0 radical (unpaired) electrons. The highest BCUT2D eigenvalue weighted by atomic mass is 16.5. The second-order valence-corrected chi connectivity index (χ2v) is 9.12. The Labute approximate surface area is 194 Å². The predicted molar refractivity (Wildman–Crippen MR) is 131 cm³/mol. The van der Waals surface area contributed by atoms with Gasteiger partial charge in [0, 0.05) is 5.56 Å². The van der Waals surface area contributed by atoms with Crippen molar-refractivity contribution in [3.63, 3.8) is 0 Å². The molecular formula is C29H36N2O. The molecule has 0 heterocycles. The van der Waals surface area contributed by atoms with Crippen LogP contribution in [0, 0.1) is 28.6 Å². The van der Waals surface area contributed by atoms with Crippen molar-refractivity contribution >= 4 is 0 Å². The molecule has 2 aromatic rings. The summed E-state index contributed by atoms with van der Waals surface area (Å²) in [6.45, 7) is 5.16. The molecule has 1 saturated carbocycles. The van der Waals surface area contributed by atoms with Crippen LogP contribution in [0.3, 0.4) is 0 Å². The van der Waals surface area contributed by atoms with Crippen LogP contribution < -0.4 is 4.74 Å². The van der Waals surface area contributed by atoms with Gasteiger partial charge in [0.25, 0.3) is 0 Å². The minimum Gasteiger partial charge on any atom is -0.494 e. The number of nitrogens with zero attached hydrogens (tertiary/aromatic N) is 2. The molecule has 1 aliphatic carbocycles. The van der Waals surface area contributed by atoms with Crippen molar-refractivity contribution in [2.75, 3.05) is 6.61 Å². The summed E-state index contributed by atoms with van der Waals surface area (Å²) in [6, 6.07) is 16.7. The largest absolute Gasteiger partial charge is 0.494 e. The van der Waals surface area contributed by atoms with Crippen LogP contribution in [0.2, 0.25) is 0 Å². The summed E-state index contributed by atoms with van der Waals surface area (Å²) in [5.74, 6) is 2.07. The van der Waals surface area contributed by atoms with Gasteiger partial charge in [-0.25, -0.2) is 0 Å². The maximum atomic E-state index is 9.96. The van der Waals surface area contributed by atoms with Crippen LogP contribution in [0.5, 0.6) is 5.75 Å². The third-order valence-corrected chi connectivity index (χ3v) is 6.90. The molecule has 0 N–H and O–H groups in total. The molecule has 0 aromatic heterocycles. The normalized spacial score (nSPS) is 18.0. The maximum Gasteiger partial charge on any atom is 0.119 e. The zero-order chi connectivity index (χ0) is 22.8. The molecule has 3 nitrogen and oxygen atoms in total. The van der Waals surface area contributed by atoms with Gasteiger partial charge in [-0.1, -0.05) is 70.2 Å². The van der Waals surface area contributed by atoms with Gasteiger partial charge in [0.15, 0.2) is 0 Å². The quantitative estimate of drug-likeness (QED) is 0.359. The van der Waals surface area contributed by atoms with Gasteiger partial charge in [0.2, 0.25) is 0 Å². The first-order valence-corrected chi connectivity index (χ1v) is 12.4. The molecule has 32 heavy (non-hydrogen) atoms. The Morgan fingerprint density at radius 3 is 2.12 bits per heavy atom. The van der Waals surface area contributed by atoms with Gasteiger partial charge in [-0.05, 0) is 67.2 Å². The predicted octanol–water partition coefficient (Wildman–Crippen LogP) is 8.13. The van der Waals surface area contributed by atoms with Crippen molar-refractivity contribution in [2.45, 2.75) is 84.0 Å². The number of hydrogen-bond donors (Lipinski definition) is 0. The summed E-state index contributed by atoms with van der Waals surface area (Å²) in [5, 5.41) is 19.9. The highest BCUT2D eigenvalue weighted by Gasteiger charge is 2.26. The van der Waals surface area contributed by atoms with E-state index >= 15 is 0 Å². The summed E-state index contributed by atoms with van der Waals surface area (Å²) in [6.07, 6.45) is 12.0. The number of nitriles is 2. The highest BCUT2D eigenvalue weighted by Crippen LogP contribution is 2.41. The van der Waals surface area contributed by atoms with Crippen molar-refractivity contribution in [3.05, 3.63) is 53.1 Å². The molecule has 0 amide bonds. The van der Waals surface area contributed by atoms with Crippen LogP contribution >= 0.6 is 0 Å². The van der Waals surface area contributed by atoms with Crippen molar-refractivity contribution < 1.29 is 4.74 Å². The summed E-state index contributed by atoms with van der Waals surface area (Å²) < 4.78 is 5.81. The lowest BCUT2D eigenvalue weighted by Crippen LogP contribution is -2.15. The standard InChI is InChI=1S/C29H36N2O/c1-3-5-7-19-32-25-15-13-24(14-16-25)27-18-17-26(28(20-30)29(27)21-31)23-11-9-22(10-12-23)8-6-4-2/h13-18,22-23H,3-12,19H2,1-2H3. The van der Waals surface area contributed by atoms with Crippen LogP contribution in [-0.4, -0.2) is 6.61 Å². The van der Waals surface area contributed by atoms with Crippen LogP contribution in [0.1, 0.15) is 101 Å². The molecule has 1 fully saturated rings. The van der Waals surface area contributed by atoms with E-state index in [1.807, 2.05) is 30.3 Å². The summed E-state index contributed by atoms with van der Waals surface area (Å²) in [4.78, 5) is 0. The first-order valence-electron chi connectivity index (χ1n) is 12.4. The van der Waals surface area contributed by atoms with Crippen LogP contribution in [0.15, 0.2) is 36.4 Å². The Balaban J connectivity index is 1.77. The average molecular weight is 429 g/mol. The number of rotatable bonds is 10. The second kappa shape index (κ2) is 12.3. The van der Waals surface area contributed by atoms with Gasteiger partial charge in [0.1, 0.15) is 17.9 Å². The van der Waals surface area contributed by atoms with E-state index in [0.29, 0.717) is 17.0 Å². The van der Waals surface area contributed by atoms with E-state index in [1.54, 1.807) is 0 Å². The topological polar surface area (TPSA) is 56.8 Å². The number of ether oxygens (including phenoxy) is 1. The molecule has 3 rings (SSSR count). The van der Waals surface area contributed by atoms with Gasteiger partial charge in [-0.3, -0.25) is 0 Å². The highest BCUT2D eigenvalue weighted by molar-refractivity contribution is 5.75. The fourth-order valence-electron chi connectivity index (χ4n) is 4.96. The molecule has 0 atom stereocenters. The molecule has 0 bridgehead atoms. The van der Waals surface area contributed by atoms with E-state index in [4.69, 9.17) is 4.74 Å². The first-order chi connectivity index (χ1) is 15.7. The Hall–Kier alpha value is -2.78. The van der Waals surface area contributed by atoms with Gasteiger partial charge in [0.05, 0.1) is 17.7 Å². The molecule has 1 aliphatic rings. The monoisotopic (exact) mass is 428 g/mol. The van der Waals surface area contributed by atoms with Crippen LogP contribution in [0.4, 0.5) is 0 Å². The smallest absolute Gasteiger partial charge is 0.119 e. The second-order valence-electron chi connectivity index (χ2n) is 9.12. The molecular weight excluding hydrogens is 392 g/mol. The summed E-state index contributed by atoms with van der Waals surface area (Å²) >= 11 is 0. The Bertz CT molecular complexity index is 941. The van der Waals surface area contributed by atoms with Crippen molar-refractivity contribution in [1.29, 1.82) is 10.5 Å². The molecule has 0 unspecified atom stereocenters. The fourth-order valence-corrected chi connectivity index (χ4v) is 4.96. The number of benzene rings is 2. The summed E-state index contributed by atoms with van der Waals surface area (Å²) in [5.41, 5.74) is 3.94. The Kier molecular flexibility index (Phi) is 9.18. The fraction of sp³-hybridized carbons (Fsp3) is 0.517. The van der Waals surface area contributed by atoms with Crippen LogP contribution in [-0.2, 0) is 0 Å². The van der Waals surface area contributed by atoms with Gasteiger partial charge in [-0.15, -0.1) is 0 Å². The lowest BCUT2D eigenvalue weighted by Gasteiger charge is -2.29. The summed E-state index contributed by atoms with van der Waals surface area (Å²) in [7, 11) is 0.